The van der Waals surface area contributed by atoms with Crippen molar-refractivity contribution in [3.8, 4) is 5.75 Å². The molecule has 0 unspecified atom stereocenters. The highest BCUT2D eigenvalue weighted by atomic mass is 16.5. The molecule has 2 rings (SSSR count). The first-order chi connectivity index (χ1) is 14.0. The van der Waals surface area contributed by atoms with E-state index in [2.05, 4.69) is 27.7 Å². The van der Waals surface area contributed by atoms with Crippen molar-refractivity contribution in [2.24, 2.45) is 5.10 Å². The van der Waals surface area contributed by atoms with E-state index in [0.29, 0.717) is 17.0 Å². The van der Waals surface area contributed by atoms with Crippen molar-refractivity contribution in [2.45, 2.75) is 6.92 Å². The van der Waals surface area contributed by atoms with Crippen LogP contribution in [0.25, 0.3) is 0 Å². The van der Waals surface area contributed by atoms with E-state index in [4.69, 9.17) is 4.74 Å². The zero-order chi connectivity index (χ0) is 21.1. The molecule has 0 fully saturated rings. The normalized spacial score (nSPS) is 10.2. The molecule has 2 aromatic rings. The second-order valence-electron chi connectivity index (χ2n) is 5.97. The number of benzene rings is 2. The SMILES string of the molecule is C=CCNC(=O)C(=O)N/N=C\c1ccc(OCC(=O)Nc2ccc(C)cc2)cc1. The Bertz CT molecular complexity index is 890. The van der Waals surface area contributed by atoms with Crippen molar-refractivity contribution in [3.63, 3.8) is 0 Å². The maximum Gasteiger partial charge on any atom is 0.329 e. The summed E-state index contributed by atoms with van der Waals surface area (Å²) in [7, 11) is 0. The summed E-state index contributed by atoms with van der Waals surface area (Å²) in [6, 6.07) is 14.2. The first-order valence-electron chi connectivity index (χ1n) is 8.79. The molecule has 0 saturated heterocycles. The second kappa shape index (κ2) is 11.0. The molecule has 0 atom stereocenters. The van der Waals surface area contributed by atoms with Gasteiger partial charge in [-0.1, -0.05) is 23.8 Å². The largest absolute Gasteiger partial charge is 0.484 e. The molecule has 0 spiro atoms. The fourth-order valence-corrected chi connectivity index (χ4v) is 2.09. The molecule has 150 valence electrons. The lowest BCUT2D eigenvalue weighted by Gasteiger charge is -2.08. The Hall–Kier alpha value is -3.94. The fraction of sp³-hybridized carbons (Fsp3) is 0.143. The van der Waals surface area contributed by atoms with E-state index >= 15 is 0 Å². The van der Waals surface area contributed by atoms with Gasteiger partial charge in [-0.15, -0.1) is 6.58 Å². The van der Waals surface area contributed by atoms with Gasteiger partial charge in [0.1, 0.15) is 5.75 Å². The number of hydrazone groups is 1. The van der Waals surface area contributed by atoms with E-state index < -0.39 is 11.8 Å². The average Bonchev–Trinajstić information content (AvgIpc) is 2.73. The Kier molecular flexibility index (Phi) is 8.12. The lowest BCUT2D eigenvalue weighted by Crippen LogP contribution is -2.37. The predicted molar refractivity (Wildman–Crippen MR) is 111 cm³/mol. The smallest absolute Gasteiger partial charge is 0.329 e. The van der Waals surface area contributed by atoms with Crippen molar-refractivity contribution in [2.75, 3.05) is 18.5 Å². The summed E-state index contributed by atoms with van der Waals surface area (Å²) in [5.74, 6) is -1.43. The van der Waals surface area contributed by atoms with Gasteiger partial charge in [0.25, 0.3) is 5.91 Å². The van der Waals surface area contributed by atoms with Crippen LogP contribution in [0, 0.1) is 6.92 Å². The van der Waals surface area contributed by atoms with Crippen LogP contribution in [0.2, 0.25) is 0 Å². The van der Waals surface area contributed by atoms with Crippen molar-refractivity contribution >= 4 is 29.6 Å². The average molecular weight is 394 g/mol. The van der Waals surface area contributed by atoms with Gasteiger partial charge >= 0.3 is 11.8 Å². The van der Waals surface area contributed by atoms with Gasteiger partial charge in [0.05, 0.1) is 6.21 Å². The molecule has 0 radical (unpaired) electrons. The number of hydrogen-bond acceptors (Lipinski definition) is 5. The molecule has 2 aromatic carbocycles. The number of carbonyl (C=O) groups is 3. The van der Waals surface area contributed by atoms with Crippen molar-refractivity contribution in [1.29, 1.82) is 0 Å². The zero-order valence-corrected chi connectivity index (χ0v) is 16.0. The highest BCUT2D eigenvalue weighted by molar-refractivity contribution is 6.35. The molecule has 0 bridgehead atoms. The molecular formula is C21H22N4O4. The number of nitrogens with zero attached hydrogens (tertiary/aromatic N) is 1. The highest BCUT2D eigenvalue weighted by Gasteiger charge is 2.10. The van der Waals surface area contributed by atoms with Gasteiger partial charge in [0.15, 0.2) is 6.61 Å². The molecule has 8 nitrogen and oxygen atoms in total. The van der Waals surface area contributed by atoms with Crippen LogP contribution in [0.4, 0.5) is 5.69 Å². The molecule has 0 aliphatic heterocycles. The van der Waals surface area contributed by atoms with Gasteiger partial charge in [-0.3, -0.25) is 14.4 Å². The number of carbonyl (C=O) groups excluding carboxylic acids is 3. The van der Waals surface area contributed by atoms with Crippen LogP contribution in [0.15, 0.2) is 66.3 Å². The fourth-order valence-electron chi connectivity index (χ4n) is 2.09. The monoisotopic (exact) mass is 394 g/mol. The summed E-state index contributed by atoms with van der Waals surface area (Å²) >= 11 is 0. The maximum absolute atomic E-state index is 11.9. The molecule has 0 saturated carbocycles. The van der Waals surface area contributed by atoms with Crippen LogP contribution >= 0.6 is 0 Å². The van der Waals surface area contributed by atoms with Gasteiger partial charge in [-0.05, 0) is 48.9 Å². The number of amides is 3. The number of rotatable bonds is 8. The summed E-state index contributed by atoms with van der Waals surface area (Å²) < 4.78 is 5.44. The first-order valence-corrected chi connectivity index (χ1v) is 8.79. The van der Waals surface area contributed by atoms with Crippen molar-refractivity contribution in [3.05, 3.63) is 72.3 Å². The summed E-state index contributed by atoms with van der Waals surface area (Å²) in [4.78, 5) is 34.7. The molecular weight excluding hydrogens is 372 g/mol. The molecule has 0 aromatic heterocycles. The van der Waals surface area contributed by atoms with Gasteiger partial charge in [-0.25, -0.2) is 5.43 Å². The van der Waals surface area contributed by atoms with E-state index in [1.54, 1.807) is 24.3 Å². The van der Waals surface area contributed by atoms with Crippen LogP contribution in [0.1, 0.15) is 11.1 Å². The van der Waals surface area contributed by atoms with E-state index in [9.17, 15) is 14.4 Å². The van der Waals surface area contributed by atoms with Crippen LogP contribution in [0.5, 0.6) is 5.75 Å². The summed E-state index contributed by atoms with van der Waals surface area (Å²) in [6.45, 7) is 5.47. The zero-order valence-electron chi connectivity index (χ0n) is 16.0. The summed E-state index contributed by atoms with van der Waals surface area (Å²) in [5.41, 5.74) is 4.61. The molecule has 0 heterocycles. The maximum atomic E-state index is 11.9. The lowest BCUT2D eigenvalue weighted by molar-refractivity contribution is -0.139. The number of ether oxygens (including phenoxy) is 1. The lowest BCUT2D eigenvalue weighted by atomic mass is 10.2. The van der Waals surface area contributed by atoms with E-state index in [0.717, 1.165) is 5.56 Å². The highest BCUT2D eigenvalue weighted by Crippen LogP contribution is 2.12. The van der Waals surface area contributed by atoms with Crippen molar-refractivity contribution < 1.29 is 19.1 Å². The molecule has 3 amide bonds. The van der Waals surface area contributed by atoms with Crippen molar-refractivity contribution in [1.82, 2.24) is 10.7 Å². The first kappa shape index (κ1) is 21.4. The molecule has 3 N–H and O–H groups in total. The molecule has 8 heteroatoms. The van der Waals surface area contributed by atoms with E-state index in [1.165, 1.54) is 12.3 Å². The van der Waals surface area contributed by atoms with E-state index in [-0.39, 0.29) is 19.1 Å². The predicted octanol–water partition coefficient (Wildman–Crippen LogP) is 1.76. The standard InChI is InChI=1S/C21H22N4O4/c1-3-12-22-20(27)21(28)25-23-13-16-6-10-18(11-7-16)29-14-19(26)24-17-8-4-15(2)5-9-17/h3-11,13H,1,12,14H2,2H3,(H,22,27)(H,24,26)(H,25,28)/b23-13-. The minimum Gasteiger partial charge on any atom is -0.484 e. The van der Waals surface area contributed by atoms with Crippen LogP contribution < -0.4 is 20.8 Å². The Morgan fingerprint density at radius 2 is 1.72 bits per heavy atom. The Morgan fingerprint density at radius 1 is 1.03 bits per heavy atom. The number of nitrogens with one attached hydrogen (secondary N) is 3. The Morgan fingerprint density at radius 3 is 2.38 bits per heavy atom. The second-order valence-corrected chi connectivity index (χ2v) is 5.97. The minimum atomic E-state index is -0.873. The third-order valence-corrected chi connectivity index (χ3v) is 3.58. The quantitative estimate of drug-likeness (QED) is 0.274. The number of aryl methyl sites for hydroxylation is 1. The van der Waals surface area contributed by atoms with Crippen LogP contribution in [-0.2, 0) is 14.4 Å². The molecule has 0 aliphatic carbocycles. The minimum absolute atomic E-state index is 0.128. The van der Waals surface area contributed by atoms with Gasteiger partial charge < -0.3 is 15.4 Å². The van der Waals surface area contributed by atoms with Crippen LogP contribution in [-0.4, -0.2) is 37.1 Å². The Balaban J connectivity index is 1.77. The molecule has 0 aliphatic rings. The van der Waals surface area contributed by atoms with Gasteiger partial charge in [-0.2, -0.15) is 5.10 Å². The number of anilines is 1. The van der Waals surface area contributed by atoms with Crippen LogP contribution in [0.3, 0.4) is 0 Å². The Labute approximate surface area is 168 Å². The third-order valence-electron chi connectivity index (χ3n) is 3.58. The topological polar surface area (TPSA) is 109 Å². The van der Waals surface area contributed by atoms with Gasteiger partial charge in [0.2, 0.25) is 0 Å². The summed E-state index contributed by atoms with van der Waals surface area (Å²) in [6.07, 6.45) is 2.84. The number of hydrogen-bond donors (Lipinski definition) is 3. The third kappa shape index (κ3) is 7.67. The molecule has 29 heavy (non-hydrogen) atoms. The van der Waals surface area contributed by atoms with E-state index in [1.807, 2.05) is 31.2 Å². The summed E-state index contributed by atoms with van der Waals surface area (Å²) in [5, 5.41) is 8.80. The van der Waals surface area contributed by atoms with Gasteiger partial charge in [0, 0.05) is 12.2 Å².